The number of likely N-dealkylation sites (N-methyl/N-ethyl adjacent to an activating group) is 1. The zero-order valence-corrected chi connectivity index (χ0v) is 17.4. The van der Waals surface area contributed by atoms with E-state index in [0.29, 0.717) is 21.5 Å². The summed E-state index contributed by atoms with van der Waals surface area (Å²) in [5.41, 5.74) is 2.39. The molecule has 7 heteroatoms. The van der Waals surface area contributed by atoms with Crippen LogP contribution in [0.2, 0.25) is 0 Å². The van der Waals surface area contributed by atoms with E-state index in [0.717, 1.165) is 31.9 Å². The summed E-state index contributed by atoms with van der Waals surface area (Å²) in [5.74, 6) is 0.876. The number of nitrogens with zero attached hydrogens (tertiary/aromatic N) is 2. The van der Waals surface area contributed by atoms with Gasteiger partial charge in [0.25, 0.3) is 5.91 Å². The predicted molar refractivity (Wildman–Crippen MR) is 111 cm³/mol. The summed E-state index contributed by atoms with van der Waals surface area (Å²) in [6, 6.07) is 11.3. The first-order valence-electron chi connectivity index (χ1n) is 8.78. The van der Waals surface area contributed by atoms with Gasteiger partial charge in [0.2, 0.25) is 0 Å². The lowest BCUT2D eigenvalue weighted by Crippen LogP contribution is -2.44. The fraction of sp³-hybridized carbons (Fsp3) is 0.350. The average Bonchev–Trinajstić information content (AvgIpc) is 2.69. The van der Waals surface area contributed by atoms with Crippen molar-refractivity contribution in [3.63, 3.8) is 0 Å². The quantitative estimate of drug-likeness (QED) is 0.781. The van der Waals surface area contributed by atoms with Crippen LogP contribution in [0.5, 0.6) is 11.5 Å². The van der Waals surface area contributed by atoms with E-state index in [-0.39, 0.29) is 5.91 Å². The minimum absolute atomic E-state index is 0.216. The summed E-state index contributed by atoms with van der Waals surface area (Å²) >= 11 is 3.41. The second kappa shape index (κ2) is 8.63. The van der Waals surface area contributed by atoms with Gasteiger partial charge in [0, 0.05) is 43.1 Å². The Kier molecular flexibility index (Phi) is 6.23. The highest BCUT2D eigenvalue weighted by atomic mass is 79.9. The van der Waals surface area contributed by atoms with E-state index in [1.807, 2.05) is 24.3 Å². The Morgan fingerprint density at radius 3 is 2.07 bits per heavy atom. The zero-order chi connectivity index (χ0) is 19.4. The maximum absolute atomic E-state index is 12.6. The first-order chi connectivity index (χ1) is 13.0. The number of anilines is 2. The third-order valence-electron chi connectivity index (χ3n) is 4.70. The number of nitrogens with one attached hydrogen (secondary N) is 1. The Labute approximate surface area is 168 Å². The van der Waals surface area contributed by atoms with Crippen molar-refractivity contribution < 1.29 is 14.3 Å². The first kappa shape index (κ1) is 19.5. The van der Waals surface area contributed by atoms with E-state index < -0.39 is 0 Å². The number of halogens is 1. The Bertz CT molecular complexity index is 778. The van der Waals surface area contributed by atoms with Crippen LogP contribution in [0, 0.1) is 0 Å². The number of amides is 1. The van der Waals surface area contributed by atoms with E-state index in [1.165, 1.54) is 5.69 Å². The number of methoxy groups -OCH3 is 2. The lowest BCUT2D eigenvalue weighted by atomic mass is 10.1. The van der Waals surface area contributed by atoms with Crippen molar-refractivity contribution in [2.75, 3.05) is 57.7 Å². The number of benzene rings is 2. The van der Waals surface area contributed by atoms with Crippen molar-refractivity contribution in [3.8, 4) is 11.5 Å². The molecule has 27 heavy (non-hydrogen) atoms. The van der Waals surface area contributed by atoms with E-state index in [9.17, 15) is 4.79 Å². The minimum atomic E-state index is -0.216. The van der Waals surface area contributed by atoms with Crippen LogP contribution in [0.1, 0.15) is 10.4 Å². The van der Waals surface area contributed by atoms with Crippen LogP contribution >= 0.6 is 15.9 Å². The fourth-order valence-electron chi connectivity index (χ4n) is 3.02. The molecular weight excluding hydrogens is 410 g/mol. The number of rotatable bonds is 5. The molecule has 1 N–H and O–H groups in total. The topological polar surface area (TPSA) is 54.0 Å². The SMILES string of the molecule is COc1cc(C(=O)Nc2ccc(N3CCN(C)CC3)cc2)cc(OC)c1Br. The van der Waals surface area contributed by atoms with Crippen molar-refractivity contribution in [1.82, 2.24) is 4.90 Å². The number of carbonyl (C=O) groups is 1. The number of hydrogen-bond donors (Lipinski definition) is 1. The molecule has 0 aromatic heterocycles. The van der Waals surface area contributed by atoms with Gasteiger partial charge in [-0.2, -0.15) is 0 Å². The van der Waals surface area contributed by atoms with Gasteiger partial charge < -0.3 is 24.6 Å². The largest absolute Gasteiger partial charge is 0.495 e. The summed E-state index contributed by atoms with van der Waals surface area (Å²) in [6.07, 6.45) is 0. The Balaban J connectivity index is 1.71. The summed E-state index contributed by atoms with van der Waals surface area (Å²) in [6.45, 7) is 4.15. The van der Waals surface area contributed by atoms with Gasteiger partial charge in [-0.25, -0.2) is 0 Å². The molecule has 2 aromatic carbocycles. The first-order valence-corrected chi connectivity index (χ1v) is 9.57. The van der Waals surface area contributed by atoms with Crippen LogP contribution in [-0.2, 0) is 0 Å². The van der Waals surface area contributed by atoms with Crippen molar-refractivity contribution in [2.45, 2.75) is 0 Å². The second-order valence-corrected chi connectivity index (χ2v) is 7.28. The summed E-state index contributed by atoms with van der Waals surface area (Å²) < 4.78 is 11.3. The molecule has 6 nitrogen and oxygen atoms in total. The normalized spacial score (nSPS) is 14.7. The Morgan fingerprint density at radius 1 is 1.00 bits per heavy atom. The molecule has 3 rings (SSSR count). The van der Waals surface area contributed by atoms with Crippen molar-refractivity contribution in [3.05, 3.63) is 46.4 Å². The molecule has 1 saturated heterocycles. The van der Waals surface area contributed by atoms with Gasteiger partial charge in [-0.05, 0) is 59.4 Å². The molecule has 1 fully saturated rings. The maximum atomic E-state index is 12.6. The van der Waals surface area contributed by atoms with Gasteiger partial charge in [0.05, 0.1) is 14.2 Å². The lowest BCUT2D eigenvalue weighted by Gasteiger charge is -2.34. The summed E-state index contributed by atoms with van der Waals surface area (Å²) in [5, 5.41) is 2.93. The van der Waals surface area contributed by atoms with Crippen LogP contribution in [0.15, 0.2) is 40.9 Å². The number of ether oxygens (including phenoxy) is 2. The maximum Gasteiger partial charge on any atom is 0.255 e. The number of hydrogen-bond acceptors (Lipinski definition) is 5. The van der Waals surface area contributed by atoms with Crippen molar-refractivity contribution in [1.29, 1.82) is 0 Å². The molecule has 0 atom stereocenters. The molecule has 0 radical (unpaired) electrons. The van der Waals surface area contributed by atoms with Gasteiger partial charge in [0.1, 0.15) is 16.0 Å². The highest BCUT2D eigenvalue weighted by Gasteiger charge is 2.16. The van der Waals surface area contributed by atoms with Crippen LogP contribution in [0.25, 0.3) is 0 Å². The summed E-state index contributed by atoms with van der Waals surface area (Å²) in [4.78, 5) is 17.3. The van der Waals surface area contributed by atoms with Crippen molar-refractivity contribution in [2.24, 2.45) is 0 Å². The summed E-state index contributed by atoms with van der Waals surface area (Å²) in [7, 11) is 5.25. The molecule has 2 aromatic rings. The molecule has 1 aliphatic rings. The second-order valence-electron chi connectivity index (χ2n) is 6.49. The highest BCUT2D eigenvalue weighted by Crippen LogP contribution is 2.35. The van der Waals surface area contributed by atoms with Crippen molar-refractivity contribution >= 4 is 33.2 Å². The Hall–Kier alpha value is -2.25. The third kappa shape index (κ3) is 4.54. The number of carbonyl (C=O) groups excluding carboxylic acids is 1. The highest BCUT2D eigenvalue weighted by molar-refractivity contribution is 9.10. The van der Waals surface area contributed by atoms with Gasteiger partial charge in [-0.1, -0.05) is 0 Å². The molecular formula is C20H24BrN3O3. The average molecular weight is 434 g/mol. The monoisotopic (exact) mass is 433 g/mol. The van der Waals surface area contributed by atoms with E-state index >= 15 is 0 Å². The smallest absolute Gasteiger partial charge is 0.255 e. The Morgan fingerprint density at radius 2 is 1.56 bits per heavy atom. The molecule has 0 saturated carbocycles. The molecule has 1 aliphatic heterocycles. The van der Waals surface area contributed by atoms with Gasteiger partial charge >= 0.3 is 0 Å². The molecule has 0 bridgehead atoms. The van der Waals surface area contributed by atoms with Crippen LogP contribution in [0.4, 0.5) is 11.4 Å². The molecule has 0 unspecified atom stereocenters. The van der Waals surface area contributed by atoms with E-state index in [4.69, 9.17) is 9.47 Å². The zero-order valence-electron chi connectivity index (χ0n) is 15.8. The lowest BCUT2D eigenvalue weighted by molar-refractivity contribution is 0.102. The standard InChI is InChI=1S/C20H24BrN3O3/c1-23-8-10-24(11-9-23)16-6-4-15(5-7-16)22-20(25)14-12-17(26-2)19(21)18(13-14)27-3/h4-7,12-13H,8-11H2,1-3H3,(H,22,25). The molecule has 1 heterocycles. The van der Waals surface area contributed by atoms with Crippen LogP contribution in [0.3, 0.4) is 0 Å². The van der Waals surface area contributed by atoms with E-state index in [1.54, 1.807) is 26.4 Å². The van der Waals surface area contributed by atoms with Crippen LogP contribution in [-0.4, -0.2) is 58.3 Å². The molecule has 1 amide bonds. The van der Waals surface area contributed by atoms with E-state index in [2.05, 4.69) is 38.1 Å². The van der Waals surface area contributed by atoms with Gasteiger partial charge in [-0.3, -0.25) is 4.79 Å². The van der Waals surface area contributed by atoms with Gasteiger partial charge in [-0.15, -0.1) is 0 Å². The minimum Gasteiger partial charge on any atom is -0.495 e. The third-order valence-corrected chi connectivity index (χ3v) is 5.48. The molecule has 144 valence electrons. The molecule has 0 aliphatic carbocycles. The van der Waals surface area contributed by atoms with Crippen LogP contribution < -0.4 is 19.7 Å². The van der Waals surface area contributed by atoms with Gasteiger partial charge in [0.15, 0.2) is 0 Å². The number of piperazine rings is 1. The molecule has 0 spiro atoms. The predicted octanol–water partition coefficient (Wildman–Crippen LogP) is 3.47. The fourth-order valence-corrected chi connectivity index (χ4v) is 3.58.